The minimum atomic E-state index is -0.221. The molecule has 11 heteroatoms. The molecule has 5 aromatic rings. The van der Waals surface area contributed by atoms with E-state index in [0.717, 1.165) is 65.1 Å². The topological polar surface area (TPSA) is 111 Å². The van der Waals surface area contributed by atoms with E-state index in [1.54, 1.807) is 32.6 Å². The normalized spacial score (nSPS) is 21.0. The smallest absolute Gasteiger partial charge is 0.309 e. The number of esters is 1. The van der Waals surface area contributed by atoms with Crippen molar-refractivity contribution in [1.82, 2.24) is 24.6 Å². The summed E-state index contributed by atoms with van der Waals surface area (Å²) in [5, 5.41) is 9.33. The zero-order chi connectivity index (χ0) is 34.0. The second-order valence-corrected chi connectivity index (χ2v) is 13.5. The van der Waals surface area contributed by atoms with Crippen LogP contribution in [-0.4, -0.2) is 57.4 Å². The highest BCUT2D eigenvalue weighted by Gasteiger charge is 2.61. The van der Waals surface area contributed by atoms with E-state index >= 15 is 0 Å². The van der Waals surface area contributed by atoms with Gasteiger partial charge in [-0.25, -0.2) is 14.6 Å². The molecule has 3 aliphatic rings. The molecule has 1 saturated carbocycles. The summed E-state index contributed by atoms with van der Waals surface area (Å²) in [6.45, 7) is 6.12. The van der Waals surface area contributed by atoms with Gasteiger partial charge in [0.1, 0.15) is 5.82 Å². The van der Waals surface area contributed by atoms with Gasteiger partial charge in [-0.3, -0.25) is 14.5 Å². The van der Waals surface area contributed by atoms with Gasteiger partial charge in [-0.2, -0.15) is 5.10 Å². The number of aryl methyl sites for hydroxylation is 2. The van der Waals surface area contributed by atoms with Crippen molar-refractivity contribution in [2.75, 3.05) is 32.1 Å². The lowest BCUT2D eigenvalue weighted by molar-refractivity contribution is -0.145. The highest BCUT2D eigenvalue weighted by atomic mass is 35.5. The van der Waals surface area contributed by atoms with E-state index in [2.05, 4.69) is 26.4 Å². The molecule has 250 valence electrons. The summed E-state index contributed by atoms with van der Waals surface area (Å²) in [5.74, 6) is 1.87. The molecule has 4 atom stereocenters. The van der Waals surface area contributed by atoms with E-state index in [4.69, 9.17) is 26.1 Å². The van der Waals surface area contributed by atoms with Gasteiger partial charge >= 0.3 is 5.97 Å². The number of hydrogen-bond acceptors (Lipinski definition) is 9. The molecule has 1 aliphatic heterocycles. The number of ether oxygens (including phenoxy) is 2. The van der Waals surface area contributed by atoms with Crippen LogP contribution < -0.4 is 15.6 Å². The van der Waals surface area contributed by atoms with E-state index in [-0.39, 0.29) is 23.5 Å². The van der Waals surface area contributed by atoms with Crippen molar-refractivity contribution in [3.63, 3.8) is 0 Å². The Kier molecular flexibility index (Phi) is 7.88. The third-order valence-electron chi connectivity index (χ3n) is 10.6. The number of fused-ring (bicyclic) bond motifs is 3. The zero-order valence-electron chi connectivity index (χ0n) is 27.9. The first-order chi connectivity index (χ1) is 23.8. The number of aromatic nitrogens is 4. The third kappa shape index (κ3) is 5.25. The number of methoxy groups -OCH3 is 1. The van der Waals surface area contributed by atoms with Gasteiger partial charge < -0.3 is 14.8 Å². The molecule has 10 nitrogen and oxygen atoms in total. The van der Waals surface area contributed by atoms with Crippen molar-refractivity contribution < 1.29 is 14.3 Å². The Hall–Kier alpha value is -4.80. The predicted molar refractivity (Wildman–Crippen MR) is 189 cm³/mol. The molecule has 49 heavy (non-hydrogen) atoms. The monoisotopic (exact) mass is 676 g/mol. The van der Waals surface area contributed by atoms with Crippen molar-refractivity contribution in [3.05, 3.63) is 93.0 Å². The molecule has 1 N–H and O–H groups in total. The number of carbonyl (C=O) groups is 1. The van der Waals surface area contributed by atoms with Crippen LogP contribution in [0.1, 0.15) is 36.1 Å². The Morgan fingerprint density at radius 3 is 2.61 bits per heavy atom. The van der Waals surface area contributed by atoms with Crippen LogP contribution in [-0.2, 0) is 23.0 Å². The van der Waals surface area contributed by atoms with Gasteiger partial charge in [0.05, 0.1) is 41.9 Å². The lowest BCUT2D eigenvalue weighted by Crippen LogP contribution is -2.30. The fourth-order valence-corrected chi connectivity index (χ4v) is 8.36. The first-order valence-corrected chi connectivity index (χ1v) is 17.1. The summed E-state index contributed by atoms with van der Waals surface area (Å²) in [4.78, 5) is 37.3. The molecule has 0 bridgehead atoms. The summed E-state index contributed by atoms with van der Waals surface area (Å²) >= 11 is 7.23. The van der Waals surface area contributed by atoms with Crippen LogP contribution in [0.25, 0.3) is 33.2 Å². The van der Waals surface area contributed by atoms with Crippen molar-refractivity contribution in [3.8, 4) is 28.3 Å². The van der Waals surface area contributed by atoms with Gasteiger partial charge in [-0.05, 0) is 73.4 Å². The highest BCUT2D eigenvalue weighted by Crippen LogP contribution is 2.56. The van der Waals surface area contributed by atoms with Gasteiger partial charge in [-0.15, -0.1) is 0 Å². The number of benzene rings is 2. The Morgan fingerprint density at radius 2 is 1.84 bits per heavy atom. The number of piperidine rings is 1. The summed E-state index contributed by atoms with van der Waals surface area (Å²) in [7, 11) is 3.30. The van der Waals surface area contributed by atoms with E-state index in [9.17, 15) is 9.59 Å². The van der Waals surface area contributed by atoms with Crippen molar-refractivity contribution in [2.45, 2.75) is 32.7 Å². The molecule has 2 aromatic carbocycles. The maximum atomic E-state index is 13.0. The molecule has 1 saturated heterocycles. The molecular formula is C38H37ClN6O4. The number of rotatable bonds is 8. The third-order valence-corrected chi connectivity index (χ3v) is 11.0. The average Bonchev–Trinajstić information content (AvgIpc) is 3.38. The van der Waals surface area contributed by atoms with E-state index in [1.807, 2.05) is 50.2 Å². The Labute approximate surface area is 289 Å². The van der Waals surface area contributed by atoms with Crippen LogP contribution in [0.2, 0.25) is 5.02 Å². The van der Waals surface area contributed by atoms with E-state index < -0.39 is 0 Å². The molecule has 8 rings (SSSR count). The number of pyridine rings is 2. The largest absolute Gasteiger partial charge is 0.481 e. The minimum absolute atomic E-state index is 0.0446. The molecule has 0 spiro atoms. The molecule has 0 radical (unpaired) electrons. The molecule has 1 unspecified atom stereocenters. The standard InChI is InChI=1S/C38H37ClN6O4/c1-5-49-38(47)33-26-18-45(19-27(26)33)30-13-12-21-16-29(43-36(48-4)31(21)30)25-10-6-9-24(34(25)39)23-8-7-11-28(20(23)2)42-35-32-22(14-15-40-35)17-41-44(3)37(32)46/h6-11,14-17,26-27,30,33H,5,12-13,18-19H2,1-4H3,(H,40,42)/t26-,27+,30-,33?/m0/s1. The zero-order valence-corrected chi connectivity index (χ0v) is 28.6. The average molecular weight is 677 g/mol. The fraction of sp³-hybridized carbons (Fsp3) is 0.342. The maximum Gasteiger partial charge on any atom is 0.309 e. The van der Waals surface area contributed by atoms with Crippen molar-refractivity contribution >= 4 is 39.8 Å². The summed E-state index contributed by atoms with van der Waals surface area (Å²) < 4.78 is 12.5. The number of nitrogens with one attached hydrogen (secondary N) is 1. The molecule has 2 fully saturated rings. The number of carbonyl (C=O) groups excluding carboxylic acids is 1. The van der Waals surface area contributed by atoms with Gasteiger partial charge in [0.25, 0.3) is 5.56 Å². The van der Waals surface area contributed by atoms with Gasteiger partial charge in [0.2, 0.25) is 5.88 Å². The number of halogens is 1. The van der Waals surface area contributed by atoms with Gasteiger partial charge in [0.15, 0.2) is 0 Å². The predicted octanol–water partition coefficient (Wildman–Crippen LogP) is 6.50. The molecular weight excluding hydrogens is 640 g/mol. The van der Waals surface area contributed by atoms with Gasteiger partial charge in [0, 0.05) is 60.1 Å². The quantitative estimate of drug-likeness (QED) is 0.184. The Bertz CT molecular complexity index is 2190. The number of anilines is 2. The lowest BCUT2D eigenvalue weighted by Gasteiger charge is -2.28. The molecule has 4 heterocycles. The fourth-order valence-electron chi connectivity index (χ4n) is 8.04. The highest BCUT2D eigenvalue weighted by molar-refractivity contribution is 6.36. The van der Waals surface area contributed by atoms with Crippen LogP contribution in [0.15, 0.2) is 65.7 Å². The second-order valence-electron chi connectivity index (χ2n) is 13.2. The molecule has 0 amide bonds. The summed E-state index contributed by atoms with van der Waals surface area (Å²) in [6, 6.07) is 16.1. The summed E-state index contributed by atoms with van der Waals surface area (Å²) in [6.07, 6.45) is 5.24. The first kappa shape index (κ1) is 31.5. The van der Waals surface area contributed by atoms with Crippen LogP contribution in [0.5, 0.6) is 5.88 Å². The van der Waals surface area contributed by atoms with Crippen LogP contribution >= 0.6 is 11.6 Å². The minimum Gasteiger partial charge on any atom is -0.481 e. The van der Waals surface area contributed by atoms with Crippen molar-refractivity contribution in [2.24, 2.45) is 24.8 Å². The first-order valence-electron chi connectivity index (χ1n) is 16.7. The van der Waals surface area contributed by atoms with Gasteiger partial charge in [-0.1, -0.05) is 41.9 Å². The second kappa shape index (κ2) is 12.3. The SMILES string of the molecule is CCOC(=O)C1[C@H]2CN([C@H]3CCc4cc(-c5cccc(-c6cccc(Nc7nccc8cnn(C)c(=O)c78)c6C)c5Cl)nc(OC)c43)C[C@@H]12. The Morgan fingerprint density at radius 1 is 1.08 bits per heavy atom. The maximum absolute atomic E-state index is 13.0. The Balaban J connectivity index is 1.09. The number of nitrogens with zero attached hydrogens (tertiary/aromatic N) is 5. The van der Waals surface area contributed by atoms with Crippen LogP contribution in [0.4, 0.5) is 11.5 Å². The van der Waals surface area contributed by atoms with Crippen molar-refractivity contribution in [1.29, 1.82) is 0 Å². The molecule has 2 aliphatic carbocycles. The molecule has 3 aromatic heterocycles. The van der Waals surface area contributed by atoms with Crippen LogP contribution in [0.3, 0.4) is 0 Å². The summed E-state index contributed by atoms with van der Waals surface area (Å²) in [5.41, 5.74) is 7.35. The number of hydrogen-bond donors (Lipinski definition) is 1. The lowest BCUT2D eigenvalue weighted by atomic mass is 9.96. The van der Waals surface area contributed by atoms with E-state index in [1.165, 1.54) is 10.2 Å². The van der Waals surface area contributed by atoms with Crippen LogP contribution in [0, 0.1) is 24.7 Å². The van der Waals surface area contributed by atoms with E-state index in [0.29, 0.717) is 45.9 Å². The number of likely N-dealkylation sites (tertiary alicyclic amines) is 1.